The summed E-state index contributed by atoms with van der Waals surface area (Å²) in [6, 6.07) is 11.7. The van der Waals surface area contributed by atoms with E-state index in [1.165, 1.54) is 30.0 Å². The maximum atomic E-state index is 12.2. The summed E-state index contributed by atoms with van der Waals surface area (Å²) in [6.45, 7) is 1.98. The molecule has 1 N–H and O–H groups in total. The molecule has 0 aliphatic heterocycles. The standard InChI is InChI=1S/C17H14ClN5O3S/c1-11-4-2-3-5-15(11)22-10-19-21-17(22)27-9-16(24)20-14-7-6-12(23(25)26)8-13(14)18/h2-8,10H,9H2,1H3,(H,20,24). The largest absolute Gasteiger partial charge is 0.324 e. The zero-order valence-electron chi connectivity index (χ0n) is 14.1. The number of nitro benzene ring substituents is 1. The first kappa shape index (κ1) is 18.9. The number of aromatic nitrogens is 3. The fourth-order valence-electron chi connectivity index (χ4n) is 2.36. The van der Waals surface area contributed by atoms with Crippen LogP contribution < -0.4 is 5.32 Å². The highest BCUT2D eigenvalue weighted by Gasteiger charge is 2.14. The van der Waals surface area contributed by atoms with Crippen LogP contribution in [0.2, 0.25) is 5.02 Å². The summed E-state index contributed by atoms with van der Waals surface area (Å²) < 4.78 is 1.81. The quantitative estimate of drug-likeness (QED) is 0.380. The third kappa shape index (κ3) is 4.44. The zero-order chi connectivity index (χ0) is 19.4. The highest BCUT2D eigenvalue weighted by atomic mass is 35.5. The van der Waals surface area contributed by atoms with E-state index in [-0.39, 0.29) is 22.4 Å². The minimum Gasteiger partial charge on any atom is -0.324 e. The Hall–Kier alpha value is -2.91. The van der Waals surface area contributed by atoms with Gasteiger partial charge in [-0.25, -0.2) is 0 Å². The SMILES string of the molecule is Cc1ccccc1-n1cnnc1SCC(=O)Nc1ccc([N+](=O)[O-])cc1Cl. The molecule has 1 aromatic heterocycles. The number of nitro groups is 1. The van der Waals surface area contributed by atoms with Gasteiger partial charge in [0.2, 0.25) is 5.91 Å². The number of anilines is 1. The number of nitrogens with one attached hydrogen (secondary N) is 1. The summed E-state index contributed by atoms with van der Waals surface area (Å²) in [6.07, 6.45) is 1.59. The highest BCUT2D eigenvalue weighted by Crippen LogP contribution is 2.27. The molecule has 0 aliphatic carbocycles. The number of thioether (sulfide) groups is 1. The second kappa shape index (κ2) is 8.19. The molecule has 1 heterocycles. The number of amides is 1. The number of carbonyl (C=O) groups excluding carboxylic acids is 1. The van der Waals surface area contributed by atoms with E-state index in [2.05, 4.69) is 15.5 Å². The number of para-hydroxylation sites is 1. The molecule has 0 saturated carbocycles. The molecule has 0 fully saturated rings. The van der Waals surface area contributed by atoms with Crippen LogP contribution in [-0.4, -0.2) is 31.3 Å². The summed E-state index contributed by atoms with van der Waals surface area (Å²) in [5, 5.41) is 22.0. The van der Waals surface area contributed by atoms with Crippen molar-refractivity contribution in [2.45, 2.75) is 12.1 Å². The molecule has 2 aromatic carbocycles. The zero-order valence-corrected chi connectivity index (χ0v) is 15.7. The maximum absolute atomic E-state index is 12.2. The normalized spacial score (nSPS) is 10.6. The van der Waals surface area contributed by atoms with Gasteiger partial charge in [-0.1, -0.05) is 41.6 Å². The van der Waals surface area contributed by atoms with Crippen molar-refractivity contribution in [2.75, 3.05) is 11.1 Å². The number of non-ortho nitro benzene ring substituents is 1. The van der Waals surface area contributed by atoms with E-state index in [1.807, 2.05) is 35.8 Å². The lowest BCUT2D eigenvalue weighted by molar-refractivity contribution is -0.384. The molecular weight excluding hydrogens is 390 g/mol. The van der Waals surface area contributed by atoms with E-state index in [4.69, 9.17) is 11.6 Å². The van der Waals surface area contributed by atoms with E-state index in [1.54, 1.807) is 6.33 Å². The molecular formula is C17H14ClN5O3S. The summed E-state index contributed by atoms with van der Waals surface area (Å²) in [5.74, 6) is -0.229. The van der Waals surface area contributed by atoms with Crippen LogP contribution in [0.1, 0.15) is 5.56 Å². The second-order valence-electron chi connectivity index (χ2n) is 5.53. The molecule has 0 atom stereocenters. The summed E-state index contributed by atoms with van der Waals surface area (Å²) in [4.78, 5) is 22.4. The van der Waals surface area contributed by atoms with Crippen molar-refractivity contribution in [3.05, 3.63) is 69.5 Å². The average Bonchev–Trinajstić information content (AvgIpc) is 3.10. The number of carbonyl (C=O) groups is 1. The van der Waals surface area contributed by atoms with Crippen molar-refractivity contribution in [1.82, 2.24) is 14.8 Å². The molecule has 3 rings (SSSR count). The third-order valence-corrected chi connectivity index (χ3v) is 4.92. The van der Waals surface area contributed by atoms with Crippen LogP contribution in [0.4, 0.5) is 11.4 Å². The number of benzene rings is 2. The molecule has 8 nitrogen and oxygen atoms in total. The van der Waals surface area contributed by atoms with Gasteiger partial charge in [0.25, 0.3) is 5.69 Å². The van der Waals surface area contributed by atoms with Crippen LogP contribution in [0.5, 0.6) is 0 Å². The molecule has 0 bridgehead atoms. The molecule has 0 aliphatic rings. The van der Waals surface area contributed by atoms with Crippen LogP contribution >= 0.6 is 23.4 Å². The Morgan fingerprint density at radius 2 is 2.11 bits per heavy atom. The number of hydrogen-bond acceptors (Lipinski definition) is 6. The van der Waals surface area contributed by atoms with Gasteiger partial charge in [-0.3, -0.25) is 19.5 Å². The Morgan fingerprint density at radius 3 is 2.81 bits per heavy atom. The molecule has 0 saturated heterocycles. The van der Waals surface area contributed by atoms with Crippen molar-refractivity contribution in [1.29, 1.82) is 0 Å². The Balaban J connectivity index is 1.67. The molecule has 3 aromatic rings. The third-order valence-electron chi connectivity index (χ3n) is 3.66. The number of nitrogens with zero attached hydrogens (tertiary/aromatic N) is 4. The topological polar surface area (TPSA) is 103 Å². The predicted molar refractivity (Wildman–Crippen MR) is 104 cm³/mol. The summed E-state index contributed by atoms with van der Waals surface area (Å²) in [5.41, 5.74) is 2.16. The lowest BCUT2D eigenvalue weighted by Crippen LogP contribution is -2.15. The van der Waals surface area contributed by atoms with Crippen molar-refractivity contribution < 1.29 is 9.72 Å². The first-order valence-electron chi connectivity index (χ1n) is 7.78. The Bertz CT molecular complexity index is 1010. The van der Waals surface area contributed by atoms with Crippen molar-refractivity contribution in [3.63, 3.8) is 0 Å². The lowest BCUT2D eigenvalue weighted by atomic mass is 10.2. The van der Waals surface area contributed by atoms with E-state index in [0.717, 1.165) is 11.3 Å². The van der Waals surface area contributed by atoms with Crippen molar-refractivity contribution >= 4 is 40.6 Å². The van der Waals surface area contributed by atoms with Gasteiger partial charge < -0.3 is 5.32 Å². The van der Waals surface area contributed by atoms with Crippen LogP contribution in [-0.2, 0) is 4.79 Å². The van der Waals surface area contributed by atoms with Crippen LogP contribution in [0.15, 0.2) is 53.9 Å². The van der Waals surface area contributed by atoms with Crippen molar-refractivity contribution in [2.24, 2.45) is 0 Å². The fraction of sp³-hybridized carbons (Fsp3) is 0.118. The number of hydrogen-bond donors (Lipinski definition) is 1. The van der Waals surface area contributed by atoms with Gasteiger partial charge in [-0.05, 0) is 24.6 Å². The summed E-state index contributed by atoms with van der Waals surface area (Å²) in [7, 11) is 0. The van der Waals surface area contributed by atoms with Gasteiger partial charge in [0.05, 0.1) is 27.1 Å². The molecule has 0 spiro atoms. The first-order chi connectivity index (χ1) is 13.0. The Kier molecular flexibility index (Phi) is 5.72. The Morgan fingerprint density at radius 1 is 1.33 bits per heavy atom. The number of rotatable bonds is 6. The first-order valence-corrected chi connectivity index (χ1v) is 9.14. The summed E-state index contributed by atoms with van der Waals surface area (Å²) >= 11 is 7.21. The minimum absolute atomic E-state index is 0.0812. The van der Waals surface area contributed by atoms with Crippen LogP contribution in [0.25, 0.3) is 5.69 Å². The average molecular weight is 404 g/mol. The molecule has 1 amide bonds. The number of halogens is 1. The highest BCUT2D eigenvalue weighted by molar-refractivity contribution is 7.99. The minimum atomic E-state index is -0.550. The van der Waals surface area contributed by atoms with Gasteiger partial charge in [0.1, 0.15) is 6.33 Å². The maximum Gasteiger partial charge on any atom is 0.271 e. The van der Waals surface area contributed by atoms with Gasteiger partial charge in [-0.15, -0.1) is 10.2 Å². The van der Waals surface area contributed by atoms with Gasteiger partial charge in [-0.2, -0.15) is 0 Å². The van der Waals surface area contributed by atoms with E-state index < -0.39 is 4.92 Å². The molecule has 0 unspecified atom stereocenters. The van der Waals surface area contributed by atoms with E-state index >= 15 is 0 Å². The molecule has 138 valence electrons. The van der Waals surface area contributed by atoms with Gasteiger partial charge in [0, 0.05) is 12.1 Å². The van der Waals surface area contributed by atoms with Crippen molar-refractivity contribution in [3.8, 4) is 5.69 Å². The van der Waals surface area contributed by atoms with E-state index in [9.17, 15) is 14.9 Å². The fourth-order valence-corrected chi connectivity index (χ4v) is 3.30. The number of aryl methyl sites for hydroxylation is 1. The van der Waals surface area contributed by atoms with Gasteiger partial charge in [0.15, 0.2) is 5.16 Å². The monoisotopic (exact) mass is 403 g/mol. The molecule has 10 heteroatoms. The van der Waals surface area contributed by atoms with E-state index in [0.29, 0.717) is 10.8 Å². The predicted octanol–water partition coefficient (Wildman–Crippen LogP) is 3.87. The van der Waals surface area contributed by atoms with Crippen LogP contribution in [0, 0.1) is 17.0 Å². The van der Waals surface area contributed by atoms with Crippen LogP contribution in [0.3, 0.4) is 0 Å². The molecule has 0 radical (unpaired) electrons. The second-order valence-corrected chi connectivity index (χ2v) is 6.88. The van der Waals surface area contributed by atoms with Gasteiger partial charge >= 0.3 is 0 Å². The smallest absolute Gasteiger partial charge is 0.271 e. The lowest BCUT2D eigenvalue weighted by Gasteiger charge is -2.09. The Labute approximate surface area is 163 Å². The molecule has 27 heavy (non-hydrogen) atoms.